The third kappa shape index (κ3) is 4.30. The van der Waals surface area contributed by atoms with Gasteiger partial charge in [-0.3, -0.25) is 0 Å². The monoisotopic (exact) mass is 232 g/mol. The lowest BCUT2D eigenvalue weighted by Crippen LogP contribution is -3.00. The van der Waals surface area contributed by atoms with Gasteiger partial charge in [0.1, 0.15) is 5.75 Å². The number of thiocarbonyl (C=S) groups is 1. The van der Waals surface area contributed by atoms with Crippen molar-refractivity contribution in [1.82, 2.24) is 5.32 Å². The molecular formula is C9H13ClN2OS. The molecule has 0 heterocycles. The first-order chi connectivity index (χ1) is 6.22. The average Bonchev–Trinajstić information content (AvgIpc) is 2.15. The Labute approximate surface area is 96.5 Å². The highest BCUT2D eigenvalue weighted by atomic mass is 35.5. The molecule has 1 aromatic rings. The van der Waals surface area contributed by atoms with E-state index in [2.05, 4.69) is 17.5 Å². The van der Waals surface area contributed by atoms with Gasteiger partial charge in [0, 0.05) is 6.54 Å². The second kappa shape index (κ2) is 6.45. The van der Waals surface area contributed by atoms with Crippen molar-refractivity contribution in [3.63, 3.8) is 0 Å². The second-order valence-electron chi connectivity index (χ2n) is 2.57. The zero-order valence-electron chi connectivity index (χ0n) is 8.79. The largest absolute Gasteiger partial charge is 1.00 e. The van der Waals surface area contributed by atoms with Gasteiger partial charge < -0.3 is 28.2 Å². The summed E-state index contributed by atoms with van der Waals surface area (Å²) in [7, 11) is 1.64. The van der Waals surface area contributed by atoms with Gasteiger partial charge >= 0.3 is 1.43 Å². The molecule has 1 aromatic carbocycles. The van der Waals surface area contributed by atoms with Crippen molar-refractivity contribution in [2.45, 2.75) is 6.54 Å². The fourth-order valence-corrected chi connectivity index (χ4v) is 1.00. The van der Waals surface area contributed by atoms with E-state index in [4.69, 9.17) is 10.5 Å². The molecule has 78 valence electrons. The number of benzene rings is 1. The maximum absolute atomic E-state index is 5.29. The van der Waals surface area contributed by atoms with Crippen molar-refractivity contribution in [2.75, 3.05) is 7.11 Å². The topological polar surface area (TPSA) is 47.3 Å². The zero-order chi connectivity index (χ0) is 9.68. The molecule has 0 saturated carbocycles. The summed E-state index contributed by atoms with van der Waals surface area (Å²) in [5.74, 6) is 0.846. The van der Waals surface area contributed by atoms with Crippen LogP contribution in [0.25, 0.3) is 0 Å². The van der Waals surface area contributed by atoms with Crippen LogP contribution in [-0.2, 0) is 6.54 Å². The van der Waals surface area contributed by atoms with Crippen LogP contribution in [0.3, 0.4) is 0 Å². The highest BCUT2D eigenvalue weighted by molar-refractivity contribution is 7.80. The summed E-state index contributed by atoms with van der Waals surface area (Å²) in [5, 5.41) is 3.18. The summed E-state index contributed by atoms with van der Waals surface area (Å²) in [6.45, 7) is 0.652. The maximum Gasteiger partial charge on any atom is 1.00 e. The predicted octanol–water partition coefficient (Wildman–Crippen LogP) is -1.86. The Kier molecular flexibility index (Phi) is 5.99. The Balaban J connectivity index is 0. The molecule has 0 aromatic heterocycles. The number of nitrogens with two attached hydrogens (primary N) is 1. The van der Waals surface area contributed by atoms with E-state index < -0.39 is 0 Å². The van der Waals surface area contributed by atoms with Gasteiger partial charge in [0.15, 0.2) is 5.11 Å². The fraction of sp³-hybridized carbons (Fsp3) is 0.222. The minimum absolute atomic E-state index is 0. The normalized spacial score (nSPS) is 8.64. The van der Waals surface area contributed by atoms with Crippen molar-refractivity contribution in [2.24, 2.45) is 5.73 Å². The van der Waals surface area contributed by atoms with E-state index in [9.17, 15) is 0 Å². The van der Waals surface area contributed by atoms with Crippen LogP contribution < -0.4 is 28.2 Å². The number of hydrogen-bond donors (Lipinski definition) is 2. The Morgan fingerprint density at radius 2 is 2.07 bits per heavy atom. The number of methoxy groups -OCH3 is 1. The Bertz CT molecular complexity index is 295. The van der Waals surface area contributed by atoms with Crippen LogP contribution in [0.1, 0.15) is 6.99 Å². The van der Waals surface area contributed by atoms with E-state index in [-0.39, 0.29) is 13.8 Å². The van der Waals surface area contributed by atoms with Gasteiger partial charge in [0.2, 0.25) is 0 Å². The van der Waals surface area contributed by atoms with Crippen LogP contribution in [-0.4, -0.2) is 12.2 Å². The molecule has 0 unspecified atom stereocenters. The molecule has 0 saturated heterocycles. The van der Waals surface area contributed by atoms with Crippen LogP contribution in [0.5, 0.6) is 5.75 Å². The van der Waals surface area contributed by atoms with E-state index >= 15 is 0 Å². The molecule has 0 atom stereocenters. The van der Waals surface area contributed by atoms with Crippen LogP contribution in [0, 0.1) is 0 Å². The standard InChI is InChI=1S/C9H12N2OS.ClH/c1-12-8-4-2-7(3-5-8)6-11-9(10)13;/h2-5H,6H2,1H3,(H3,10,11,13);1H. The first kappa shape index (κ1) is 13.0. The second-order valence-corrected chi connectivity index (χ2v) is 3.01. The summed E-state index contributed by atoms with van der Waals surface area (Å²) < 4.78 is 5.02. The zero-order valence-corrected chi connectivity index (χ0v) is 9.36. The number of ether oxygens (including phenoxy) is 1. The van der Waals surface area contributed by atoms with E-state index in [1.165, 1.54) is 0 Å². The van der Waals surface area contributed by atoms with Gasteiger partial charge in [0.25, 0.3) is 0 Å². The van der Waals surface area contributed by atoms with Gasteiger partial charge in [-0.1, -0.05) is 12.1 Å². The van der Waals surface area contributed by atoms with Crippen LogP contribution in [0.15, 0.2) is 24.3 Å². The molecule has 0 amide bonds. The quantitative estimate of drug-likeness (QED) is 0.601. The predicted molar refractivity (Wildman–Crippen MR) is 57.7 cm³/mol. The molecule has 3 nitrogen and oxygen atoms in total. The lowest BCUT2D eigenvalue weighted by molar-refractivity contribution is -0.00000305. The first-order valence-electron chi connectivity index (χ1n) is 3.88. The van der Waals surface area contributed by atoms with Gasteiger partial charge in [0.05, 0.1) is 7.11 Å². The summed E-state index contributed by atoms with van der Waals surface area (Å²) in [5.41, 5.74) is 6.41. The Hall–Kier alpha value is -1.00. The SMILES string of the molecule is COc1ccc(CNC(N)=S)cc1.[Cl-].[H+]. The molecule has 3 N–H and O–H groups in total. The highest BCUT2D eigenvalue weighted by Crippen LogP contribution is 2.10. The van der Waals surface area contributed by atoms with E-state index in [1.807, 2.05) is 24.3 Å². The third-order valence-corrected chi connectivity index (χ3v) is 1.77. The van der Waals surface area contributed by atoms with Crippen LogP contribution >= 0.6 is 12.2 Å². The lowest BCUT2D eigenvalue weighted by atomic mass is 10.2. The molecular weight excluding hydrogens is 220 g/mol. The third-order valence-electron chi connectivity index (χ3n) is 1.63. The van der Waals surface area contributed by atoms with E-state index in [0.29, 0.717) is 11.7 Å². The van der Waals surface area contributed by atoms with Crippen molar-refractivity contribution >= 4 is 17.3 Å². The first-order valence-corrected chi connectivity index (χ1v) is 4.29. The van der Waals surface area contributed by atoms with E-state index in [0.717, 1.165) is 11.3 Å². The molecule has 0 radical (unpaired) electrons. The van der Waals surface area contributed by atoms with Gasteiger partial charge in [-0.05, 0) is 29.9 Å². The molecule has 1 rings (SSSR count). The van der Waals surface area contributed by atoms with Crippen molar-refractivity contribution in [1.29, 1.82) is 0 Å². The molecule has 5 heteroatoms. The number of rotatable bonds is 3. The van der Waals surface area contributed by atoms with Gasteiger partial charge in [-0.15, -0.1) is 0 Å². The molecule has 0 fully saturated rings. The number of halogens is 1. The Morgan fingerprint density at radius 1 is 1.50 bits per heavy atom. The molecule has 0 bridgehead atoms. The summed E-state index contributed by atoms with van der Waals surface area (Å²) in [6.07, 6.45) is 0. The molecule has 14 heavy (non-hydrogen) atoms. The minimum atomic E-state index is 0. The van der Waals surface area contributed by atoms with Gasteiger partial charge in [-0.25, -0.2) is 0 Å². The van der Waals surface area contributed by atoms with Crippen LogP contribution in [0.4, 0.5) is 0 Å². The summed E-state index contributed by atoms with van der Waals surface area (Å²) >= 11 is 4.69. The molecule has 0 aliphatic carbocycles. The molecule has 0 aliphatic rings. The van der Waals surface area contributed by atoms with E-state index in [1.54, 1.807) is 7.11 Å². The summed E-state index contributed by atoms with van der Waals surface area (Å²) in [6, 6.07) is 7.72. The lowest BCUT2D eigenvalue weighted by Gasteiger charge is -2.04. The van der Waals surface area contributed by atoms with Crippen molar-refractivity contribution in [3.8, 4) is 5.75 Å². The van der Waals surface area contributed by atoms with Crippen molar-refractivity contribution in [3.05, 3.63) is 29.8 Å². The molecule has 0 spiro atoms. The van der Waals surface area contributed by atoms with Crippen molar-refractivity contribution < 1.29 is 18.6 Å². The molecule has 0 aliphatic heterocycles. The van der Waals surface area contributed by atoms with Gasteiger partial charge in [-0.2, -0.15) is 0 Å². The fourth-order valence-electron chi connectivity index (χ4n) is 0.933. The maximum atomic E-state index is 5.29. The smallest absolute Gasteiger partial charge is 1.00 e. The number of hydrogen-bond acceptors (Lipinski definition) is 2. The minimum Gasteiger partial charge on any atom is -1.00 e. The Morgan fingerprint density at radius 3 is 2.50 bits per heavy atom. The summed E-state index contributed by atoms with van der Waals surface area (Å²) in [4.78, 5) is 0. The highest BCUT2D eigenvalue weighted by Gasteiger charge is 1.93. The van der Waals surface area contributed by atoms with Crippen LogP contribution in [0.2, 0.25) is 0 Å². The number of nitrogens with one attached hydrogen (secondary N) is 1. The average molecular weight is 233 g/mol.